The Hall–Kier alpha value is -4.70. The first-order valence-corrected chi connectivity index (χ1v) is 16.6. The third-order valence-electron chi connectivity index (χ3n) is 7.32. The predicted octanol–water partition coefficient (Wildman–Crippen LogP) is 5.94. The van der Waals surface area contributed by atoms with Crippen molar-refractivity contribution in [3.63, 3.8) is 0 Å². The SMILES string of the molecule is CC[C@@H](C)NC(=O)[C@@H](Cc1ccccc1)N(Cc1ccc(F)cc1)C(=O)CN(c1ccc(Oc2ccccc2)cc1)S(C)(=O)=O. The molecule has 1 N–H and O–H groups in total. The molecular weight excluding hydrogens is 593 g/mol. The van der Waals surface area contributed by atoms with Crippen molar-refractivity contribution in [2.24, 2.45) is 0 Å². The predicted molar refractivity (Wildman–Crippen MR) is 174 cm³/mol. The number of carbonyl (C=O) groups is 2. The van der Waals surface area contributed by atoms with Crippen LogP contribution in [0.15, 0.2) is 109 Å². The van der Waals surface area contributed by atoms with Gasteiger partial charge in [-0.2, -0.15) is 0 Å². The summed E-state index contributed by atoms with van der Waals surface area (Å²) in [6.07, 6.45) is 1.90. The van der Waals surface area contributed by atoms with E-state index in [2.05, 4.69) is 5.32 Å². The second-order valence-electron chi connectivity index (χ2n) is 10.9. The maximum atomic E-state index is 14.2. The number of nitrogens with zero attached hydrogens (tertiary/aromatic N) is 2. The van der Waals surface area contributed by atoms with E-state index < -0.39 is 34.3 Å². The summed E-state index contributed by atoms with van der Waals surface area (Å²) in [4.78, 5) is 29.3. The molecule has 0 aliphatic carbocycles. The van der Waals surface area contributed by atoms with E-state index in [4.69, 9.17) is 4.74 Å². The molecule has 0 fully saturated rings. The van der Waals surface area contributed by atoms with Gasteiger partial charge in [-0.3, -0.25) is 13.9 Å². The van der Waals surface area contributed by atoms with Crippen LogP contribution in [0.5, 0.6) is 11.5 Å². The lowest BCUT2D eigenvalue weighted by Gasteiger charge is -2.34. The molecule has 4 aromatic carbocycles. The Balaban J connectivity index is 1.67. The fraction of sp³-hybridized carbons (Fsp3) is 0.257. The maximum Gasteiger partial charge on any atom is 0.244 e. The Morgan fingerprint density at radius 1 is 0.822 bits per heavy atom. The number of para-hydroxylation sites is 1. The molecule has 0 unspecified atom stereocenters. The molecule has 0 aliphatic rings. The number of anilines is 1. The standard InChI is InChI=1S/C35H38FN3O5S/c1-4-26(2)37-35(41)33(23-27-11-7-5-8-12-27)38(24-28-15-17-29(36)18-16-28)34(40)25-39(45(3,42)43)30-19-21-32(22-20-30)44-31-13-9-6-10-14-31/h5-22,26,33H,4,23-25H2,1-3H3,(H,37,41)/t26-,33-/m1/s1. The molecule has 0 aliphatic heterocycles. The monoisotopic (exact) mass is 631 g/mol. The average Bonchev–Trinajstić information content (AvgIpc) is 3.03. The van der Waals surface area contributed by atoms with Crippen molar-refractivity contribution in [1.82, 2.24) is 10.2 Å². The quantitative estimate of drug-likeness (QED) is 0.186. The number of hydrogen-bond donors (Lipinski definition) is 1. The van der Waals surface area contributed by atoms with Crippen molar-refractivity contribution >= 4 is 27.5 Å². The third-order valence-corrected chi connectivity index (χ3v) is 8.46. The highest BCUT2D eigenvalue weighted by Crippen LogP contribution is 2.26. The van der Waals surface area contributed by atoms with Crippen molar-refractivity contribution in [2.45, 2.75) is 45.3 Å². The first-order valence-electron chi connectivity index (χ1n) is 14.7. The van der Waals surface area contributed by atoms with Crippen LogP contribution in [0.3, 0.4) is 0 Å². The van der Waals surface area contributed by atoms with Crippen LogP contribution in [-0.2, 0) is 32.6 Å². The summed E-state index contributed by atoms with van der Waals surface area (Å²) in [5.41, 5.74) is 1.68. The van der Waals surface area contributed by atoms with E-state index in [0.29, 0.717) is 23.5 Å². The van der Waals surface area contributed by atoms with Crippen LogP contribution in [0.2, 0.25) is 0 Å². The fourth-order valence-electron chi connectivity index (χ4n) is 4.70. The van der Waals surface area contributed by atoms with Crippen molar-refractivity contribution < 1.29 is 27.1 Å². The molecule has 0 saturated heterocycles. The molecule has 4 aromatic rings. The van der Waals surface area contributed by atoms with Crippen LogP contribution < -0.4 is 14.4 Å². The van der Waals surface area contributed by atoms with Gasteiger partial charge in [0.25, 0.3) is 0 Å². The maximum absolute atomic E-state index is 14.2. The van der Waals surface area contributed by atoms with E-state index in [1.165, 1.54) is 17.0 Å². The number of nitrogens with one attached hydrogen (secondary N) is 1. The van der Waals surface area contributed by atoms with Crippen molar-refractivity contribution in [1.29, 1.82) is 0 Å². The van der Waals surface area contributed by atoms with E-state index in [9.17, 15) is 22.4 Å². The Bertz CT molecular complexity index is 1650. The van der Waals surface area contributed by atoms with Crippen molar-refractivity contribution in [2.75, 3.05) is 17.1 Å². The van der Waals surface area contributed by atoms with Gasteiger partial charge in [0.15, 0.2) is 0 Å². The minimum absolute atomic E-state index is 0.0357. The normalized spacial score (nSPS) is 12.5. The average molecular weight is 632 g/mol. The van der Waals surface area contributed by atoms with E-state index >= 15 is 0 Å². The molecule has 45 heavy (non-hydrogen) atoms. The van der Waals surface area contributed by atoms with Crippen molar-refractivity contribution in [3.8, 4) is 11.5 Å². The number of carbonyl (C=O) groups excluding carboxylic acids is 2. The molecular formula is C35H38FN3O5S. The highest BCUT2D eigenvalue weighted by Gasteiger charge is 2.33. The summed E-state index contributed by atoms with van der Waals surface area (Å²) in [6, 6.07) is 29.3. The zero-order chi connectivity index (χ0) is 32.4. The number of amides is 2. The molecule has 0 bridgehead atoms. The van der Waals surface area contributed by atoms with Crippen LogP contribution in [0, 0.1) is 5.82 Å². The van der Waals surface area contributed by atoms with E-state index in [-0.39, 0.29) is 30.6 Å². The Morgan fingerprint density at radius 3 is 1.98 bits per heavy atom. The van der Waals surface area contributed by atoms with Gasteiger partial charge >= 0.3 is 0 Å². The molecule has 10 heteroatoms. The summed E-state index contributed by atoms with van der Waals surface area (Å²) in [5, 5.41) is 2.98. The largest absolute Gasteiger partial charge is 0.457 e. The minimum Gasteiger partial charge on any atom is -0.457 e. The summed E-state index contributed by atoms with van der Waals surface area (Å²) in [7, 11) is -3.93. The number of ether oxygens (including phenoxy) is 1. The number of rotatable bonds is 14. The van der Waals surface area contributed by atoms with E-state index in [1.807, 2.05) is 62.4 Å². The molecule has 0 saturated carbocycles. The lowest BCUT2D eigenvalue weighted by molar-refractivity contribution is -0.140. The topological polar surface area (TPSA) is 96.0 Å². The van der Waals surface area contributed by atoms with E-state index in [0.717, 1.165) is 16.1 Å². The van der Waals surface area contributed by atoms with Gasteiger partial charge in [0.2, 0.25) is 21.8 Å². The molecule has 0 heterocycles. The zero-order valence-electron chi connectivity index (χ0n) is 25.6. The van der Waals surface area contributed by atoms with Gasteiger partial charge in [-0.15, -0.1) is 0 Å². The van der Waals surface area contributed by atoms with Gasteiger partial charge in [-0.05, 0) is 73.0 Å². The van der Waals surface area contributed by atoms with Gasteiger partial charge in [-0.1, -0.05) is 67.6 Å². The van der Waals surface area contributed by atoms with Crippen LogP contribution in [0.1, 0.15) is 31.4 Å². The highest BCUT2D eigenvalue weighted by atomic mass is 32.2. The Morgan fingerprint density at radius 2 is 1.40 bits per heavy atom. The molecule has 236 valence electrons. The first kappa shape index (κ1) is 33.2. The lowest BCUT2D eigenvalue weighted by atomic mass is 10.0. The zero-order valence-corrected chi connectivity index (χ0v) is 26.4. The molecule has 0 spiro atoms. The molecule has 2 amide bonds. The second kappa shape index (κ2) is 15.3. The highest BCUT2D eigenvalue weighted by molar-refractivity contribution is 7.92. The van der Waals surface area contributed by atoms with Gasteiger partial charge < -0.3 is 15.0 Å². The van der Waals surface area contributed by atoms with Gasteiger partial charge in [0.05, 0.1) is 11.9 Å². The van der Waals surface area contributed by atoms with Crippen LogP contribution in [0.4, 0.5) is 10.1 Å². The number of hydrogen-bond acceptors (Lipinski definition) is 5. The number of sulfonamides is 1. The van der Waals surface area contributed by atoms with Crippen molar-refractivity contribution in [3.05, 3.63) is 126 Å². The lowest BCUT2D eigenvalue weighted by Crippen LogP contribution is -2.54. The minimum atomic E-state index is -3.93. The fourth-order valence-corrected chi connectivity index (χ4v) is 5.55. The Kier molecular flexibility index (Phi) is 11.3. The molecule has 2 atom stereocenters. The van der Waals surface area contributed by atoms with E-state index in [1.54, 1.807) is 48.5 Å². The second-order valence-corrected chi connectivity index (χ2v) is 12.8. The van der Waals surface area contributed by atoms with Gasteiger partial charge in [0, 0.05) is 19.0 Å². The summed E-state index contributed by atoms with van der Waals surface area (Å²) < 4.78 is 46.7. The Labute approximate surface area is 264 Å². The van der Waals surface area contributed by atoms with Crippen LogP contribution in [0.25, 0.3) is 0 Å². The summed E-state index contributed by atoms with van der Waals surface area (Å²) in [6.45, 7) is 3.23. The molecule has 0 radical (unpaired) electrons. The van der Waals surface area contributed by atoms with Gasteiger partial charge in [0.1, 0.15) is 29.9 Å². The van der Waals surface area contributed by atoms with Gasteiger partial charge in [-0.25, -0.2) is 12.8 Å². The van der Waals surface area contributed by atoms with Crippen LogP contribution in [-0.4, -0.2) is 50.0 Å². The smallest absolute Gasteiger partial charge is 0.244 e. The third kappa shape index (κ3) is 9.64. The molecule has 4 rings (SSSR count). The molecule has 8 nitrogen and oxygen atoms in total. The molecule has 0 aromatic heterocycles. The van der Waals surface area contributed by atoms with Crippen LogP contribution >= 0.6 is 0 Å². The summed E-state index contributed by atoms with van der Waals surface area (Å²) >= 11 is 0. The first-order chi connectivity index (χ1) is 21.5. The summed E-state index contributed by atoms with van der Waals surface area (Å²) in [5.74, 6) is -0.272. The number of benzene rings is 4. The number of halogens is 1.